The number of anilines is 2. The van der Waals surface area contributed by atoms with Gasteiger partial charge in [-0.05, 0) is 42.7 Å². The molecule has 142 valence electrons. The minimum atomic E-state index is -0.101. The van der Waals surface area contributed by atoms with Crippen LogP contribution in [0.1, 0.15) is 18.4 Å². The summed E-state index contributed by atoms with van der Waals surface area (Å²) in [6.07, 6.45) is 1.68. The number of amides is 2. The Bertz CT molecular complexity index is 797. The fraction of sp³-hybridized carbons (Fsp3) is 0.333. The maximum atomic E-state index is 12.6. The Hall–Kier alpha value is -3.02. The van der Waals surface area contributed by atoms with Gasteiger partial charge in [-0.15, -0.1) is 0 Å². The lowest BCUT2D eigenvalue weighted by Crippen LogP contribution is -2.42. The van der Waals surface area contributed by atoms with Crippen LogP contribution in [0.5, 0.6) is 5.75 Å². The van der Waals surface area contributed by atoms with Gasteiger partial charge in [0.2, 0.25) is 11.8 Å². The normalized spacial score (nSPS) is 14.6. The number of ether oxygens (including phenoxy) is 1. The third-order valence-electron chi connectivity index (χ3n) is 4.92. The Kier molecular flexibility index (Phi) is 5.96. The van der Waals surface area contributed by atoms with Gasteiger partial charge >= 0.3 is 0 Å². The van der Waals surface area contributed by atoms with E-state index >= 15 is 0 Å². The second-order valence-corrected chi connectivity index (χ2v) is 6.76. The van der Waals surface area contributed by atoms with Gasteiger partial charge in [-0.1, -0.05) is 24.3 Å². The highest BCUT2D eigenvalue weighted by Gasteiger charge is 2.27. The fourth-order valence-electron chi connectivity index (χ4n) is 3.30. The Morgan fingerprint density at radius 2 is 1.78 bits per heavy atom. The third-order valence-corrected chi connectivity index (χ3v) is 4.92. The molecule has 0 aliphatic carbocycles. The van der Waals surface area contributed by atoms with Crippen LogP contribution in [0.4, 0.5) is 11.4 Å². The van der Waals surface area contributed by atoms with Crippen molar-refractivity contribution >= 4 is 23.2 Å². The number of carbonyl (C=O) groups excluding carboxylic acids is 2. The first-order chi connectivity index (χ1) is 13.1. The van der Waals surface area contributed by atoms with Crippen molar-refractivity contribution in [3.63, 3.8) is 0 Å². The number of hydrogen-bond acceptors (Lipinski definition) is 4. The maximum absolute atomic E-state index is 12.6. The molecular weight excluding hydrogens is 342 g/mol. The number of nitrogens with zero attached hydrogens (tertiary/aromatic N) is 1. The Morgan fingerprint density at radius 1 is 1.11 bits per heavy atom. The van der Waals surface area contributed by atoms with E-state index in [1.165, 1.54) is 0 Å². The summed E-state index contributed by atoms with van der Waals surface area (Å²) < 4.78 is 5.27. The molecule has 1 aliphatic rings. The number of piperidine rings is 1. The molecule has 0 spiro atoms. The van der Waals surface area contributed by atoms with Crippen molar-refractivity contribution in [3.05, 3.63) is 54.1 Å². The van der Waals surface area contributed by atoms with Gasteiger partial charge in [-0.25, -0.2) is 0 Å². The standard InChI is InChI=1S/C21H25N3O3/c1-27-19-5-3-2-4-18(19)23-21(26)16-10-12-24(13-11-16)20(25)14-15-6-8-17(22)9-7-15/h2-9,16H,10-14,22H2,1H3,(H,23,26). The highest BCUT2D eigenvalue weighted by molar-refractivity contribution is 5.94. The molecule has 1 fully saturated rings. The highest BCUT2D eigenvalue weighted by atomic mass is 16.5. The monoisotopic (exact) mass is 367 g/mol. The lowest BCUT2D eigenvalue weighted by Gasteiger charge is -2.31. The summed E-state index contributed by atoms with van der Waals surface area (Å²) in [5, 5.41) is 2.94. The molecule has 0 unspecified atom stereocenters. The van der Waals surface area contributed by atoms with E-state index in [1.807, 2.05) is 41.3 Å². The van der Waals surface area contributed by atoms with Crippen LogP contribution in [-0.4, -0.2) is 36.9 Å². The number of carbonyl (C=O) groups is 2. The van der Waals surface area contributed by atoms with Gasteiger partial charge in [-0.3, -0.25) is 9.59 Å². The van der Waals surface area contributed by atoms with Gasteiger partial charge in [0.1, 0.15) is 5.75 Å². The zero-order valence-corrected chi connectivity index (χ0v) is 15.5. The van der Waals surface area contributed by atoms with Crippen molar-refractivity contribution in [2.45, 2.75) is 19.3 Å². The average Bonchev–Trinajstić information content (AvgIpc) is 2.70. The molecule has 1 saturated heterocycles. The van der Waals surface area contributed by atoms with Gasteiger partial charge in [0.15, 0.2) is 0 Å². The van der Waals surface area contributed by atoms with Gasteiger partial charge < -0.3 is 20.7 Å². The summed E-state index contributed by atoms with van der Waals surface area (Å²) in [5.41, 5.74) is 7.99. The van der Waals surface area contributed by atoms with Crippen LogP contribution in [0.15, 0.2) is 48.5 Å². The summed E-state index contributed by atoms with van der Waals surface area (Å²) in [7, 11) is 1.58. The molecule has 3 N–H and O–H groups in total. The van der Waals surface area contributed by atoms with Gasteiger partial charge in [0.05, 0.1) is 19.2 Å². The second-order valence-electron chi connectivity index (χ2n) is 6.76. The number of likely N-dealkylation sites (tertiary alicyclic amines) is 1. The van der Waals surface area contributed by atoms with E-state index in [9.17, 15) is 9.59 Å². The molecule has 0 aromatic heterocycles. The van der Waals surface area contributed by atoms with E-state index < -0.39 is 0 Å². The lowest BCUT2D eigenvalue weighted by molar-refractivity contribution is -0.133. The third kappa shape index (κ3) is 4.78. The van der Waals surface area contributed by atoms with Crippen molar-refractivity contribution in [1.82, 2.24) is 4.90 Å². The van der Waals surface area contributed by atoms with Crippen molar-refractivity contribution < 1.29 is 14.3 Å². The van der Waals surface area contributed by atoms with Gasteiger partial charge in [-0.2, -0.15) is 0 Å². The first kappa shape index (κ1) is 18.8. The van der Waals surface area contributed by atoms with E-state index in [2.05, 4.69) is 5.32 Å². The number of para-hydroxylation sites is 2. The van der Waals surface area contributed by atoms with Crippen LogP contribution < -0.4 is 15.8 Å². The second kappa shape index (κ2) is 8.58. The molecule has 2 aromatic rings. The van der Waals surface area contributed by atoms with Crippen LogP contribution >= 0.6 is 0 Å². The molecule has 3 rings (SSSR count). The first-order valence-corrected chi connectivity index (χ1v) is 9.13. The topological polar surface area (TPSA) is 84.7 Å². The van der Waals surface area contributed by atoms with Crippen molar-refractivity contribution in [1.29, 1.82) is 0 Å². The Balaban J connectivity index is 1.51. The van der Waals surface area contributed by atoms with Gasteiger partial charge in [0.25, 0.3) is 0 Å². The molecular formula is C21H25N3O3. The number of nitrogens with one attached hydrogen (secondary N) is 1. The summed E-state index contributed by atoms with van der Waals surface area (Å²) in [5.74, 6) is 0.603. The van der Waals surface area contributed by atoms with Crippen LogP contribution in [0.3, 0.4) is 0 Å². The van der Waals surface area contributed by atoms with Gasteiger partial charge in [0, 0.05) is 24.7 Å². The zero-order valence-electron chi connectivity index (χ0n) is 15.5. The molecule has 2 amide bonds. The summed E-state index contributed by atoms with van der Waals surface area (Å²) in [4.78, 5) is 26.9. The predicted molar refractivity (Wildman–Crippen MR) is 105 cm³/mol. The van der Waals surface area contributed by atoms with E-state index in [0.29, 0.717) is 49.5 Å². The number of rotatable bonds is 5. The van der Waals surface area contributed by atoms with Crippen molar-refractivity contribution in [2.75, 3.05) is 31.2 Å². The molecule has 6 heteroatoms. The van der Waals surface area contributed by atoms with Crippen molar-refractivity contribution in [2.24, 2.45) is 5.92 Å². The number of nitrogens with two attached hydrogens (primary N) is 1. The SMILES string of the molecule is COc1ccccc1NC(=O)C1CCN(C(=O)Cc2ccc(N)cc2)CC1. The highest BCUT2D eigenvalue weighted by Crippen LogP contribution is 2.26. The van der Waals surface area contributed by atoms with E-state index in [4.69, 9.17) is 10.5 Å². The molecule has 0 radical (unpaired) electrons. The average molecular weight is 367 g/mol. The number of methoxy groups -OCH3 is 1. The van der Waals surface area contributed by atoms with E-state index in [-0.39, 0.29) is 17.7 Å². The van der Waals surface area contributed by atoms with Crippen LogP contribution in [0.25, 0.3) is 0 Å². The number of nitrogen functional groups attached to an aromatic ring is 1. The Morgan fingerprint density at radius 3 is 2.44 bits per heavy atom. The fourth-order valence-corrected chi connectivity index (χ4v) is 3.30. The molecule has 0 saturated carbocycles. The minimum Gasteiger partial charge on any atom is -0.495 e. The summed E-state index contributed by atoms with van der Waals surface area (Å²) in [6, 6.07) is 14.7. The van der Waals surface area contributed by atoms with E-state index in [0.717, 1.165) is 5.56 Å². The number of benzene rings is 2. The smallest absolute Gasteiger partial charge is 0.227 e. The van der Waals surface area contributed by atoms with Crippen LogP contribution in [0, 0.1) is 5.92 Å². The largest absolute Gasteiger partial charge is 0.495 e. The maximum Gasteiger partial charge on any atom is 0.227 e. The zero-order chi connectivity index (χ0) is 19.2. The molecule has 0 bridgehead atoms. The summed E-state index contributed by atoms with van der Waals surface area (Å²) in [6.45, 7) is 1.19. The van der Waals surface area contributed by atoms with Crippen LogP contribution in [-0.2, 0) is 16.0 Å². The Labute approximate surface area is 159 Å². The van der Waals surface area contributed by atoms with Crippen molar-refractivity contribution in [3.8, 4) is 5.75 Å². The molecule has 6 nitrogen and oxygen atoms in total. The number of hydrogen-bond donors (Lipinski definition) is 2. The molecule has 0 atom stereocenters. The predicted octanol–water partition coefficient (Wildman–Crippen LogP) is 2.70. The quantitative estimate of drug-likeness (QED) is 0.796. The minimum absolute atomic E-state index is 0.0230. The molecule has 27 heavy (non-hydrogen) atoms. The first-order valence-electron chi connectivity index (χ1n) is 9.13. The lowest BCUT2D eigenvalue weighted by atomic mass is 9.95. The van der Waals surface area contributed by atoms with Crippen LogP contribution in [0.2, 0.25) is 0 Å². The molecule has 1 aliphatic heterocycles. The molecule has 2 aromatic carbocycles. The summed E-state index contributed by atoms with van der Waals surface area (Å²) >= 11 is 0. The van der Waals surface area contributed by atoms with E-state index in [1.54, 1.807) is 19.2 Å². The molecule has 1 heterocycles.